The number of anilines is 1. The molecular formula is C19H14BrClN2O3S. The minimum Gasteiger partial charge on any atom is -0.505 e. The lowest BCUT2D eigenvalue weighted by atomic mass is 10.1. The Labute approximate surface area is 174 Å². The number of thiocarbonyl (C=S) groups is 1. The van der Waals surface area contributed by atoms with Crippen LogP contribution in [0.2, 0.25) is 5.02 Å². The number of carbonyl (C=O) groups excluding carboxylic acids is 2. The van der Waals surface area contributed by atoms with Crippen molar-refractivity contribution in [1.29, 1.82) is 0 Å². The zero-order chi connectivity index (χ0) is 19.7. The van der Waals surface area contributed by atoms with Gasteiger partial charge in [-0.15, -0.1) is 0 Å². The van der Waals surface area contributed by atoms with E-state index in [4.69, 9.17) is 23.8 Å². The number of aryl methyl sites for hydroxylation is 1. The third-order valence-electron chi connectivity index (χ3n) is 4.05. The van der Waals surface area contributed by atoms with Gasteiger partial charge in [-0.2, -0.15) is 0 Å². The summed E-state index contributed by atoms with van der Waals surface area (Å²) < 4.78 is 0.355. The molecule has 1 saturated heterocycles. The second-order valence-corrected chi connectivity index (χ2v) is 7.46. The van der Waals surface area contributed by atoms with Crippen molar-refractivity contribution >= 4 is 68.4 Å². The molecule has 0 spiro atoms. The minimum atomic E-state index is -0.591. The van der Waals surface area contributed by atoms with E-state index in [1.54, 1.807) is 18.2 Å². The predicted molar refractivity (Wildman–Crippen MR) is 113 cm³/mol. The summed E-state index contributed by atoms with van der Waals surface area (Å²) in [7, 11) is 0. The normalized spacial score (nSPS) is 16.0. The van der Waals surface area contributed by atoms with E-state index in [2.05, 4.69) is 21.2 Å². The van der Waals surface area contributed by atoms with Gasteiger partial charge in [0.05, 0.1) is 15.2 Å². The molecule has 5 nitrogen and oxygen atoms in total. The maximum absolute atomic E-state index is 13.0. The van der Waals surface area contributed by atoms with Gasteiger partial charge in [0.2, 0.25) is 0 Å². The molecule has 138 valence electrons. The summed E-state index contributed by atoms with van der Waals surface area (Å²) in [5, 5.41) is 12.4. The maximum Gasteiger partial charge on any atom is 0.270 e. The lowest BCUT2D eigenvalue weighted by Crippen LogP contribution is -2.54. The van der Waals surface area contributed by atoms with Crippen LogP contribution in [-0.2, 0) is 16.0 Å². The van der Waals surface area contributed by atoms with Crippen LogP contribution in [0.25, 0.3) is 6.08 Å². The third kappa shape index (κ3) is 3.90. The fourth-order valence-electron chi connectivity index (χ4n) is 2.61. The molecule has 1 heterocycles. The van der Waals surface area contributed by atoms with Crippen LogP contribution in [0.3, 0.4) is 0 Å². The lowest BCUT2D eigenvalue weighted by Gasteiger charge is -2.29. The van der Waals surface area contributed by atoms with E-state index in [9.17, 15) is 14.7 Å². The van der Waals surface area contributed by atoms with E-state index in [0.717, 1.165) is 12.0 Å². The van der Waals surface area contributed by atoms with Crippen molar-refractivity contribution in [3.63, 3.8) is 0 Å². The molecule has 1 aliphatic heterocycles. The monoisotopic (exact) mass is 464 g/mol. The molecule has 2 N–H and O–H groups in total. The molecule has 2 aromatic rings. The summed E-state index contributed by atoms with van der Waals surface area (Å²) in [6, 6.07) is 10.4. The first kappa shape index (κ1) is 19.5. The van der Waals surface area contributed by atoms with Crippen molar-refractivity contribution in [2.45, 2.75) is 13.3 Å². The Bertz CT molecular complexity index is 966. The van der Waals surface area contributed by atoms with Gasteiger partial charge in [0.25, 0.3) is 11.8 Å². The molecule has 1 aliphatic rings. The molecule has 2 amide bonds. The average Bonchev–Trinajstić information content (AvgIpc) is 2.63. The molecule has 0 atom stereocenters. The number of halogens is 2. The quantitative estimate of drug-likeness (QED) is 0.405. The summed E-state index contributed by atoms with van der Waals surface area (Å²) in [5.41, 5.74) is 2.09. The molecule has 0 aliphatic carbocycles. The summed E-state index contributed by atoms with van der Waals surface area (Å²) in [4.78, 5) is 26.6. The van der Waals surface area contributed by atoms with Crippen LogP contribution in [0.5, 0.6) is 5.75 Å². The van der Waals surface area contributed by atoms with E-state index in [1.807, 2.05) is 19.1 Å². The van der Waals surface area contributed by atoms with Crippen LogP contribution in [0.4, 0.5) is 5.69 Å². The van der Waals surface area contributed by atoms with Crippen molar-refractivity contribution in [2.75, 3.05) is 4.90 Å². The van der Waals surface area contributed by atoms with Gasteiger partial charge in [-0.05, 0) is 76.0 Å². The largest absolute Gasteiger partial charge is 0.505 e. The first-order valence-electron chi connectivity index (χ1n) is 8.00. The topological polar surface area (TPSA) is 69.6 Å². The Morgan fingerprint density at radius 3 is 2.52 bits per heavy atom. The molecule has 3 rings (SSSR count). The summed E-state index contributed by atoms with van der Waals surface area (Å²) in [5.74, 6) is -1.24. The van der Waals surface area contributed by atoms with Crippen LogP contribution in [0.15, 0.2) is 46.4 Å². The summed E-state index contributed by atoms with van der Waals surface area (Å²) in [6.07, 6.45) is 2.28. The van der Waals surface area contributed by atoms with E-state index >= 15 is 0 Å². The molecule has 0 unspecified atom stereocenters. The minimum absolute atomic E-state index is 0.0244. The van der Waals surface area contributed by atoms with Gasteiger partial charge < -0.3 is 5.11 Å². The standard InChI is InChI=1S/C19H14BrClN2O3S/c1-2-10-3-5-12(6-4-10)23-18(26)13(17(25)22-19(23)27)7-11-8-14(20)16(24)15(21)9-11/h3-9,24H,2H2,1H3,(H,22,25,27). The number of benzene rings is 2. The zero-order valence-electron chi connectivity index (χ0n) is 14.1. The number of rotatable bonds is 3. The number of phenolic OH excluding ortho intramolecular Hbond substituents is 1. The van der Waals surface area contributed by atoms with Crippen LogP contribution in [0.1, 0.15) is 18.1 Å². The fourth-order valence-corrected chi connectivity index (χ4v) is 3.71. The molecule has 0 saturated carbocycles. The van der Waals surface area contributed by atoms with Gasteiger partial charge in [0, 0.05) is 0 Å². The molecular weight excluding hydrogens is 452 g/mol. The van der Waals surface area contributed by atoms with Crippen molar-refractivity contribution in [1.82, 2.24) is 5.32 Å². The third-order valence-corrected chi connectivity index (χ3v) is 5.23. The van der Waals surface area contributed by atoms with Crippen molar-refractivity contribution in [3.8, 4) is 5.75 Å². The van der Waals surface area contributed by atoms with Gasteiger partial charge in [-0.25, -0.2) is 0 Å². The van der Waals surface area contributed by atoms with Crippen molar-refractivity contribution in [3.05, 3.63) is 62.6 Å². The first-order valence-corrected chi connectivity index (χ1v) is 9.58. The van der Waals surface area contributed by atoms with Gasteiger partial charge in [-0.3, -0.25) is 19.8 Å². The second-order valence-electron chi connectivity index (χ2n) is 5.81. The van der Waals surface area contributed by atoms with Crippen molar-refractivity contribution in [2.24, 2.45) is 0 Å². The maximum atomic E-state index is 13.0. The number of nitrogens with zero attached hydrogens (tertiary/aromatic N) is 1. The molecule has 2 aromatic carbocycles. The molecule has 0 aromatic heterocycles. The highest BCUT2D eigenvalue weighted by Gasteiger charge is 2.34. The SMILES string of the molecule is CCc1ccc(N2C(=O)C(=Cc3cc(Cl)c(O)c(Br)c3)C(=O)NC2=S)cc1. The Balaban J connectivity index is 2.01. The van der Waals surface area contributed by atoms with Crippen molar-refractivity contribution < 1.29 is 14.7 Å². The van der Waals surface area contributed by atoms with Crippen LogP contribution in [-0.4, -0.2) is 22.0 Å². The van der Waals surface area contributed by atoms with Gasteiger partial charge in [-0.1, -0.05) is 30.7 Å². The van der Waals surface area contributed by atoms with E-state index < -0.39 is 11.8 Å². The Morgan fingerprint density at radius 1 is 1.26 bits per heavy atom. The lowest BCUT2D eigenvalue weighted by molar-refractivity contribution is -0.122. The number of nitrogens with one attached hydrogen (secondary N) is 1. The Kier molecular flexibility index (Phi) is 5.64. The van der Waals surface area contributed by atoms with Gasteiger partial charge in [0.15, 0.2) is 5.11 Å². The molecule has 0 radical (unpaired) electrons. The zero-order valence-corrected chi connectivity index (χ0v) is 17.3. The van der Waals surface area contributed by atoms with E-state index in [1.165, 1.54) is 17.0 Å². The second kappa shape index (κ2) is 7.80. The first-order chi connectivity index (χ1) is 12.8. The summed E-state index contributed by atoms with van der Waals surface area (Å²) in [6.45, 7) is 2.04. The van der Waals surface area contributed by atoms with Crippen LogP contribution >= 0.6 is 39.7 Å². The number of hydrogen-bond acceptors (Lipinski definition) is 4. The number of aromatic hydroxyl groups is 1. The molecule has 0 bridgehead atoms. The Morgan fingerprint density at radius 2 is 1.93 bits per heavy atom. The highest BCUT2D eigenvalue weighted by atomic mass is 79.9. The molecule has 27 heavy (non-hydrogen) atoms. The summed E-state index contributed by atoms with van der Waals surface area (Å²) >= 11 is 14.3. The highest BCUT2D eigenvalue weighted by Crippen LogP contribution is 2.34. The van der Waals surface area contributed by atoms with Gasteiger partial charge >= 0.3 is 0 Å². The number of amides is 2. The average molecular weight is 466 g/mol. The Hall–Kier alpha value is -2.22. The van der Waals surface area contributed by atoms with E-state index in [0.29, 0.717) is 15.7 Å². The molecule has 1 fully saturated rings. The number of phenols is 1. The van der Waals surface area contributed by atoms with Gasteiger partial charge in [0.1, 0.15) is 11.3 Å². The predicted octanol–water partition coefficient (Wildman–Crippen LogP) is 4.20. The van der Waals surface area contributed by atoms with Crippen LogP contribution in [0, 0.1) is 0 Å². The number of hydrogen-bond donors (Lipinski definition) is 2. The fraction of sp³-hybridized carbons (Fsp3) is 0.105. The van der Waals surface area contributed by atoms with E-state index in [-0.39, 0.29) is 21.5 Å². The van der Waals surface area contributed by atoms with Crippen LogP contribution < -0.4 is 10.2 Å². The smallest absolute Gasteiger partial charge is 0.270 e. The number of carbonyl (C=O) groups is 2. The highest BCUT2D eigenvalue weighted by molar-refractivity contribution is 9.10. The molecule has 8 heteroatoms.